The number of esters is 1. The van der Waals surface area contributed by atoms with Gasteiger partial charge in [0.1, 0.15) is 6.04 Å². The van der Waals surface area contributed by atoms with Crippen molar-refractivity contribution >= 4 is 5.97 Å². The lowest BCUT2D eigenvalue weighted by atomic mass is 10.2. The van der Waals surface area contributed by atoms with Crippen LogP contribution in [0.2, 0.25) is 0 Å². The Bertz CT molecular complexity index is 258. The van der Waals surface area contributed by atoms with Gasteiger partial charge in [-0.3, -0.25) is 9.89 Å². The number of nitrogens with zero attached hydrogens (tertiary/aromatic N) is 1. The molecular weight excluding hydrogens is 170 g/mol. The smallest absolute Gasteiger partial charge is 0.323 e. The Hall–Kier alpha value is -1.36. The van der Waals surface area contributed by atoms with Crippen LogP contribution in [0.4, 0.5) is 0 Å². The molecule has 0 aromatic carbocycles. The number of carbonyl (C=O) groups excluding carboxylic acids is 1. The van der Waals surface area contributed by atoms with Crippen molar-refractivity contribution in [3.63, 3.8) is 0 Å². The molecule has 1 heterocycles. The van der Waals surface area contributed by atoms with Crippen molar-refractivity contribution in [2.45, 2.75) is 19.4 Å². The molecule has 0 fully saturated rings. The van der Waals surface area contributed by atoms with E-state index in [0.29, 0.717) is 13.0 Å². The van der Waals surface area contributed by atoms with E-state index in [1.807, 2.05) is 0 Å². The van der Waals surface area contributed by atoms with Gasteiger partial charge in [-0.25, -0.2) is 0 Å². The van der Waals surface area contributed by atoms with Crippen LogP contribution in [0, 0.1) is 0 Å². The van der Waals surface area contributed by atoms with E-state index in [2.05, 4.69) is 10.2 Å². The van der Waals surface area contributed by atoms with Crippen molar-refractivity contribution in [1.29, 1.82) is 0 Å². The third kappa shape index (κ3) is 2.87. The lowest BCUT2D eigenvalue weighted by molar-refractivity contribution is -0.144. The molecule has 1 aromatic heterocycles. The van der Waals surface area contributed by atoms with Crippen molar-refractivity contribution in [2.75, 3.05) is 6.61 Å². The molecule has 0 spiro atoms. The largest absolute Gasteiger partial charge is 0.465 e. The number of aromatic nitrogens is 2. The number of nitrogens with one attached hydrogen (secondary N) is 1. The number of hydrogen-bond acceptors (Lipinski definition) is 4. The molecule has 5 heteroatoms. The maximum absolute atomic E-state index is 11.1. The highest BCUT2D eigenvalue weighted by Crippen LogP contribution is 1.98. The zero-order chi connectivity index (χ0) is 9.68. The quantitative estimate of drug-likeness (QED) is 0.636. The molecule has 0 saturated heterocycles. The second-order valence-corrected chi connectivity index (χ2v) is 2.64. The molecule has 0 aliphatic heterocycles. The van der Waals surface area contributed by atoms with Gasteiger partial charge in [-0.2, -0.15) is 5.10 Å². The van der Waals surface area contributed by atoms with Crippen molar-refractivity contribution in [3.05, 3.63) is 18.0 Å². The minimum Gasteiger partial charge on any atom is -0.465 e. The summed E-state index contributed by atoms with van der Waals surface area (Å²) in [5, 5.41) is 6.48. The molecule has 0 saturated carbocycles. The fraction of sp³-hybridized carbons (Fsp3) is 0.500. The number of ether oxygens (including phenoxy) is 1. The summed E-state index contributed by atoms with van der Waals surface area (Å²) in [4.78, 5) is 11.1. The van der Waals surface area contributed by atoms with E-state index >= 15 is 0 Å². The van der Waals surface area contributed by atoms with E-state index in [4.69, 9.17) is 10.5 Å². The molecule has 0 amide bonds. The molecule has 1 aromatic rings. The number of nitrogens with two attached hydrogens (primary N) is 1. The maximum Gasteiger partial charge on any atom is 0.323 e. The molecule has 0 aliphatic carbocycles. The Morgan fingerprint density at radius 3 is 3.15 bits per heavy atom. The van der Waals surface area contributed by atoms with Crippen LogP contribution in [-0.4, -0.2) is 28.8 Å². The van der Waals surface area contributed by atoms with Gasteiger partial charge in [0.2, 0.25) is 0 Å². The first-order valence-corrected chi connectivity index (χ1v) is 4.14. The SMILES string of the molecule is CCOC(=O)[C@@H](N)Cc1ccn[nH]1. The van der Waals surface area contributed by atoms with E-state index in [0.717, 1.165) is 5.69 Å². The molecule has 0 aliphatic rings. The normalized spacial score (nSPS) is 12.5. The molecule has 5 nitrogen and oxygen atoms in total. The van der Waals surface area contributed by atoms with Crippen molar-refractivity contribution < 1.29 is 9.53 Å². The number of aromatic amines is 1. The Labute approximate surface area is 76.3 Å². The molecule has 0 bridgehead atoms. The van der Waals surface area contributed by atoms with E-state index in [9.17, 15) is 4.79 Å². The van der Waals surface area contributed by atoms with Crippen molar-refractivity contribution in [3.8, 4) is 0 Å². The molecule has 72 valence electrons. The Balaban J connectivity index is 2.41. The summed E-state index contributed by atoms with van der Waals surface area (Å²) in [6.07, 6.45) is 2.05. The van der Waals surface area contributed by atoms with Crippen molar-refractivity contribution in [2.24, 2.45) is 5.73 Å². The Morgan fingerprint density at radius 1 is 1.85 bits per heavy atom. The fourth-order valence-electron chi connectivity index (χ4n) is 0.968. The highest BCUT2D eigenvalue weighted by Gasteiger charge is 2.15. The first-order chi connectivity index (χ1) is 6.24. The molecule has 13 heavy (non-hydrogen) atoms. The van der Waals surface area contributed by atoms with Gasteiger partial charge >= 0.3 is 5.97 Å². The average molecular weight is 183 g/mol. The lowest BCUT2D eigenvalue weighted by Crippen LogP contribution is -2.34. The van der Waals surface area contributed by atoms with Crippen LogP contribution in [0.25, 0.3) is 0 Å². The van der Waals surface area contributed by atoms with Crippen LogP contribution in [0.15, 0.2) is 12.3 Å². The van der Waals surface area contributed by atoms with Crippen LogP contribution in [0.5, 0.6) is 0 Å². The van der Waals surface area contributed by atoms with Crippen LogP contribution in [0.1, 0.15) is 12.6 Å². The maximum atomic E-state index is 11.1. The molecule has 3 N–H and O–H groups in total. The number of hydrogen-bond donors (Lipinski definition) is 2. The number of H-pyrrole nitrogens is 1. The van der Waals surface area contributed by atoms with Gasteiger partial charge in [0.05, 0.1) is 6.61 Å². The van der Waals surface area contributed by atoms with Gasteiger partial charge in [0, 0.05) is 18.3 Å². The van der Waals surface area contributed by atoms with Gasteiger partial charge in [-0.15, -0.1) is 0 Å². The summed E-state index contributed by atoms with van der Waals surface area (Å²) in [5.74, 6) is -0.378. The van der Waals surface area contributed by atoms with Gasteiger partial charge in [0.25, 0.3) is 0 Å². The van der Waals surface area contributed by atoms with E-state index in [-0.39, 0.29) is 5.97 Å². The average Bonchev–Trinajstić information content (AvgIpc) is 2.57. The Kier molecular flexibility index (Phi) is 3.45. The molecular formula is C8H13N3O2. The fourth-order valence-corrected chi connectivity index (χ4v) is 0.968. The summed E-state index contributed by atoms with van der Waals surface area (Å²) < 4.78 is 4.75. The molecule has 1 atom stereocenters. The van der Waals surface area contributed by atoms with Crippen LogP contribution >= 0.6 is 0 Å². The van der Waals surface area contributed by atoms with Gasteiger partial charge in [-0.05, 0) is 13.0 Å². The molecule has 1 rings (SSSR count). The van der Waals surface area contributed by atoms with Crippen LogP contribution < -0.4 is 5.73 Å². The summed E-state index contributed by atoms with van der Waals surface area (Å²) >= 11 is 0. The number of carbonyl (C=O) groups is 1. The van der Waals surface area contributed by atoms with Crippen LogP contribution in [0.3, 0.4) is 0 Å². The third-order valence-electron chi connectivity index (χ3n) is 1.59. The van der Waals surface area contributed by atoms with E-state index in [1.165, 1.54) is 0 Å². The molecule has 0 unspecified atom stereocenters. The van der Waals surface area contributed by atoms with Crippen LogP contribution in [-0.2, 0) is 16.0 Å². The first-order valence-electron chi connectivity index (χ1n) is 4.14. The second kappa shape index (κ2) is 4.61. The summed E-state index contributed by atoms with van der Waals surface area (Å²) in [6.45, 7) is 2.11. The van der Waals surface area contributed by atoms with E-state index in [1.54, 1.807) is 19.2 Å². The lowest BCUT2D eigenvalue weighted by Gasteiger charge is -2.08. The van der Waals surface area contributed by atoms with Gasteiger partial charge in [0.15, 0.2) is 0 Å². The summed E-state index contributed by atoms with van der Waals surface area (Å²) in [6, 6.07) is 1.17. The highest BCUT2D eigenvalue weighted by molar-refractivity contribution is 5.75. The minimum atomic E-state index is -0.611. The zero-order valence-electron chi connectivity index (χ0n) is 7.49. The van der Waals surface area contributed by atoms with E-state index < -0.39 is 6.04 Å². The third-order valence-corrected chi connectivity index (χ3v) is 1.59. The summed E-state index contributed by atoms with van der Waals surface area (Å²) in [5.41, 5.74) is 6.41. The monoisotopic (exact) mass is 183 g/mol. The predicted octanol–water partition coefficient (Wildman–Crippen LogP) is -0.157. The topological polar surface area (TPSA) is 81.0 Å². The zero-order valence-corrected chi connectivity index (χ0v) is 7.49. The molecule has 0 radical (unpaired) electrons. The minimum absolute atomic E-state index is 0.357. The van der Waals surface area contributed by atoms with Gasteiger partial charge < -0.3 is 10.5 Å². The second-order valence-electron chi connectivity index (χ2n) is 2.64. The summed E-state index contributed by atoms with van der Waals surface area (Å²) in [7, 11) is 0. The van der Waals surface area contributed by atoms with Gasteiger partial charge in [-0.1, -0.05) is 0 Å². The highest BCUT2D eigenvalue weighted by atomic mass is 16.5. The first kappa shape index (κ1) is 9.73. The number of rotatable bonds is 4. The standard InChI is InChI=1S/C8H13N3O2/c1-2-13-8(12)7(9)5-6-3-4-10-11-6/h3-4,7H,2,5,9H2,1H3,(H,10,11)/t7-/m0/s1. The predicted molar refractivity (Wildman–Crippen MR) is 46.9 cm³/mol. The van der Waals surface area contributed by atoms with Crippen molar-refractivity contribution in [1.82, 2.24) is 10.2 Å². The Morgan fingerprint density at radius 2 is 2.62 bits per heavy atom.